The van der Waals surface area contributed by atoms with Gasteiger partial charge in [0, 0.05) is 6.42 Å². The summed E-state index contributed by atoms with van der Waals surface area (Å²) in [5.74, 6) is -0.577. The van der Waals surface area contributed by atoms with Crippen LogP contribution in [-0.4, -0.2) is 37.1 Å². The van der Waals surface area contributed by atoms with E-state index in [1.807, 2.05) is 30.6 Å². The number of alkyl carbamates (subject to hydrolysis) is 1. The first-order valence-electron chi connectivity index (χ1n) is 8.87. The SMILES string of the molecule is [CH-]=C/C(C)=C(\[C-]=O)Cc1cccc(C[C@H](NC(=O)OC(C)(C)C)C(=O)OC)c1.[CH3-].[Li+]. The van der Waals surface area contributed by atoms with E-state index < -0.39 is 23.7 Å². The smallest absolute Gasteiger partial charge is 0.467 e. The Labute approximate surface area is 192 Å². The third-order valence-corrected chi connectivity index (χ3v) is 3.84. The number of nitrogens with one attached hydrogen (secondary N) is 1. The molecule has 0 saturated heterocycles. The number of hydrogen-bond acceptors (Lipinski definition) is 5. The van der Waals surface area contributed by atoms with Crippen molar-refractivity contribution in [1.82, 2.24) is 5.32 Å². The summed E-state index contributed by atoms with van der Waals surface area (Å²) < 4.78 is 10.00. The molecular formula is C23H30LiNO5-2. The van der Waals surface area contributed by atoms with Crippen LogP contribution in [0.3, 0.4) is 0 Å². The summed E-state index contributed by atoms with van der Waals surface area (Å²) >= 11 is 0. The van der Waals surface area contributed by atoms with E-state index >= 15 is 0 Å². The summed E-state index contributed by atoms with van der Waals surface area (Å²) in [4.78, 5) is 35.3. The van der Waals surface area contributed by atoms with Crippen molar-refractivity contribution in [2.24, 2.45) is 0 Å². The molecule has 0 saturated carbocycles. The van der Waals surface area contributed by atoms with Crippen LogP contribution in [0, 0.1) is 14.0 Å². The number of amides is 1. The van der Waals surface area contributed by atoms with E-state index in [0.717, 1.165) is 11.1 Å². The van der Waals surface area contributed by atoms with Gasteiger partial charge in [0.15, 0.2) is 0 Å². The van der Waals surface area contributed by atoms with Crippen LogP contribution in [0.4, 0.5) is 4.79 Å². The molecule has 30 heavy (non-hydrogen) atoms. The van der Waals surface area contributed by atoms with Gasteiger partial charge in [-0.1, -0.05) is 24.3 Å². The van der Waals surface area contributed by atoms with Crippen molar-refractivity contribution in [1.29, 1.82) is 0 Å². The number of benzene rings is 1. The predicted molar refractivity (Wildman–Crippen MR) is 113 cm³/mol. The molecule has 1 aromatic carbocycles. The molecule has 0 aliphatic rings. The van der Waals surface area contributed by atoms with Crippen LogP contribution in [0.1, 0.15) is 38.8 Å². The third-order valence-electron chi connectivity index (χ3n) is 3.84. The average molecular weight is 407 g/mol. The van der Waals surface area contributed by atoms with E-state index in [9.17, 15) is 14.4 Å². The van der Waals surface area contributed by atoms with Crippen LogP contribution in [-0.2, 0) is 31.9 Å². The summed E-state index contributed by atoms with van der Waals surface area (Å²) in [6, 6.07) is 6.46. The molecule has 0 bridgehead atoms. The Balaban J connectivity index is 0. The molecule has 0 heterocycles. The first-order chi connectivity index (χ1) is 13.1. The first-order valence-corrected chi connectivity index (χ1v) is 8.87. The molecule has 160 valence electrons. The molecule has 0 radical (unpaired) electrons. The zero-order chi connectivity index (χ0) is 21.3. The van der Waals surface area contributed by atoms with E-state index in [1.54, 1.807) is 27.7 Å². The number of rotatable bonds is 8. The van der Waals surface area contributed by atoms with Crippen molar-refractivity contribution in [3.05, 3.63) is 66.6 Å². The Bertz CT molecular complexity index is 765. The standard InChI is InChI=1S/C22H27NO5.CH3.Li/c1-7-15(2)18(14-24)12-16-9-8-10-17(11-16)13-19(20(25)27-6)23-21(26)28-22(3,4)5;;/h1,7-11,19H,12-13H2,2-6H3,(H,23,26);1H3;/q-2;-1;+1/b18-15-;;/t19-;;/m0../s1. The first kappa shape index (κ1) is 29.9. The Kier molecular flexibility index (Phi) is 13.8. The molecule has 0 aliphatic carbocycles. The zero-order valence-corrected chi connectivity index (χ0v) is 19.0. The van der Waals surface area contributed by atoms with E-state index in [4.69, 9.17) is 16.1 Å². The molecule has 7 heteroatoms. The van der Waals surface area contributed by atoms with Gasteiger partial charge in [0.05, 0.1) is 7.11 Å². The Hall–Kier alpha value is -2.29. The van der Waals surface area contributed by atoms with Gasteiger partial charge in [-0.2, -0.15) is 5.57 Å². The predicted octanol–water partition coefficient (Wildman–Crippen LogP) is 0.708. The fourth-order valence-electron chi connectivity index (χ4n) is 2.45. The minimum atomic E-state index is -0.901. The van der Waals surface area contributed by atoms with E-state index in [1.165, 1.54) is 13.2 Å². The number of methoxy groups -OCH3 is 1. The van der Waals surface area contributed by atoms with Crippen LogP contribution < -0.4 is 24.2 Å². The molecule has 0 fully saturated rings. The van der Waals surface area contributed by atoms with Gasteiger partial charge in [-0.05, 0) is 44.6 Å². The quantitative estimate of drug-likeness (QED) is 0.226. The number of allylic oxidation sites excluding steroid dienone is 3. The summed E-state index contributed by atoms with van der Waals surface area (Å²) in [7, 11) is 1.26. The summed E-state index contributed by atoms with van der Waals surface area (Å²) in [5.41, 5.74) is 2.08. The van der Waals surface area contributed by atoms with Gasteiger partial charge < -0.3 is 27.0 Å². The normalized spacial score (nSPS) is 12.2. The maximum atomic E-state index is 12.1. The fraction of sp³-hybridized carbons (Fsp3) is 0.391. The van der Waals surface area contributed by atoms with Gasteiger partial charge in [0.2, 0.25) is 0 Å². The second-order valence-electron chi connectivity index (χ2n) is 7.35. The number of esters is 1. The van der Waals surface area contributed by atoms with Crippen LogP contribution in [0.2, 0.25) is 0 Å². The van der Waals surface area contributed by atoms with Gasteiger partial charge in [0.25, 0.3) is 0 Å². The fourth-order valence-corrected chi connectivity index (χ4v) is 2.45. The summed E-state index contributed by atoms with van der Waals surface area (Å²) in [6.07, 6.45) is 3.14. The number of hydrogen-bond donors (Lipinski definition) is 1. The van der Waals surface area contributed by atoms with E-state index in [-0.39, 0.29) is 32.7 Å². The second-order valence-corrected chi connectivity index (χ2v) is 7.35. The molecule has 0 unspecified atom stereocenters. The van der Waals surface area contributed by atoms with Crippen molar-refractivity contribution in [3.63, 3.8) is 0 Å². The molecule has 1 atom stereocenters. The molecule has 1 aromatic rings. The van der Waals surface area contributed by atoms with Crippen molar-refractivity contribution >= 4 is 18.3 Å². The van der Waals surface area contributed by atoms with Crippen LogP contribution in [0.5, 0.6) is 0 Å². The minimum absolute atomic E-state index is 0. The largest absolute Gasteiger partial charge is 1.00 e. The maximum Gasteiger partial charge on any atom is 1.00 e. The molecule has 1 rings (SSSR count). The van der Waals surface area contributed by atoms with Gasteiger partial charge >= 0.3 is 30.9 Å². The van der Waals surface area contributed by atoms with E-state index in [2.05, 4.69) is 5.32 Å². The Morgan fingerprint density at radius 3 is 2.37 bits per heavy atom. The molecular weight excluding hydrogens is 377 g/mol. The summed E-state index contributed by atoms with van der Waals surface area (Å²) in [5, 5.41) is 2.54. The molecule has 0 spiro atoms. The number of ether oxygens (including phenoxy) is 2. The zero-order valence-electron chi connectivity index (χ0n) is 19.0. The van der Waals surface area contributed by atoms with Crippen molar-refractivity contribution in [2.45, 2.75) is 52.2 Å². The maximum absolute atomic E-state index is 12.1. The molecule has 6 nitrogen and oxygen atoms in total. The van der Waals surface area contributed by atoms with Crippen LogP contribution >= 0.6 is 0 Å². The number of carbonyl (C=O) groups excluding carboxylic acids is 3. The van der Waals surface area contributed by atoms with Gasteiger partial charge in [-0.15, -0.1) is 6.92 Å². The Morgan fingerprint density at radius 2 is 1.87 bits per heavy atom. The minimum Gasteiger partial charge on any atom is -0.467 e. The van der Waals surface area contributed by atoms with Gasteiger partial charge in [0.1, 0.15) is 11.6 Å². The monoisotopic (exact) mass is 407 g/mol. The van der Waals surface area contributed by atoms with Crippen molar-refractivity contribution < 1.29 is 42.7 Å². The topological polar surface area (TPSA) is 81.7 Å². The molecule has 1 N–H and O–H groups in total. The van der Waals surface area contributed by atoms with Gasteiger partial charge in [-0.3, -0.25) is 6.58 Å². The molecule has 0 aliphatic heterocycles. The van der Waals surface area contributed by atoms with E-state index in [0.29, 0.717) is 17.6 Å². The Morgan fingerprint density at radius 1 is 1.27 bits per heavy atom. The van der Waals surface area contributed by atoms with Crippen LogP contribution in [0.25, 0.3) is 0 Å². The summed E-state index contributed by atoms with van der Waals surface area (Å²) in [6.45, 7) is 12.4. The molecule has 0 aromatic heterocycles. The van der Waals surface area contributed by atoms with Crippen LogP contribution in [0.15, 0.2) is 41.5 Å². The van der Waals surface area contributed by atoms with Crippen molar-refractivity contribution in [3.8, 4) is 0 Å². The third kappa shape index (κ3) is 10.5. The van der Waals surface area contributed by atoms with Crippen molar-refractivity contribution in [2.75, 3.05) is 7.11 Å². The second kappa shape index (κ2) is 13.8. The molecule has 1 amide bonds. The average Bonchev–Trinajstić information content (AvgIpc) is 2.63. The number of carbonyl (C=O) groups is 2. The van der Waals surface area contributed by atoms with Gasteiger partial charge in [-0.25, -0.2) is 21.2 Å².